The van der Waals surface area contributed by atoms with Crippen LogP contribution in [0.1, 0.15) is 16.7 Å². The summed E-state index contributed by atoms with van der Waals surface area (Å²) < 4.78 is 24.5. The van der Waals surface area contributed by atoms with Crippen molar-refractivity contribution in [2.45, 2.75) is 25.8 Å². The lowest BCUT2D eigenvalue weighted by atomic mass is 9.99. The standard InChI is InChI=1S/C29H22FNO7/c1-15-20-11-22-23(17-4-6-18(30)7-5-17)14-37-25(22)13-26(20)38-29(36)21(15)12-27(33)31-24(28(34)35)10-16-2-8-19(32)9-3-16/h2-9,11,13-14,24,32H,10,12H2,1H3,(H,31,33)(H,34,35)/p-1/t24-/m0/s1. The normalized spacial score (nSPS) is 12.1. The second-order valence-corrected chi connectivity index (χ2v) is 8.98. The lowest BCUT2D eigenvalue weighted by Gasteiger charge is -2.20. The van der Waals surface area contributed by atoms with Gasteiger partial charge in [0.2, 0.25) is 5.91 Å². The summed E-state index contributed by atoms with van der Waals surface area (Å²) in [6.45, 7) is 1.68. The zero-order valence-corrected chi connectivity index (χ0v) is 20.1. The second-order valence-electron chi connectivity index (χ2n) is 8.98. The lowest BCUT2D eigenvalue weighted by Crippen LogP contribution is -2.49. The van der Waals surface area contributed by atoms with Gasteiger partial charge in [-0.2, -0.15) is 0 Å². The molecule has 3 aromatic carbocycles. The molecule has 0 aliphatic heterocycles. The number of phenols is 1. The lowest BCUT2D eigenvalue weighted by molar-refractivity contribution is -0.308. The molecule has 0 saturated carbocycles. The number of carboxylic acid groups (broad SMARTS) is 1. The number of carbonyl (C=O) groups is 2. The molecule has 0 aliphatic rings. The molecule has 0 fully saturated rings. The first-order chi connectivity index (χ1) is 18.2. The number of halogens is 1. The van der Waals surface area contributed by atoms with Crippen molar-refractivity contribution in [1.29, 1.82) is 0 Å². The number of aryl methyl sites for hydroxylation is 1. The van der Waals surface area contributed by atoms with Crippen molar-refractivity contribution in [2.24, 2.45) is 0 Å². The number of aromatic hydroxyl groups is 1. The van der Waals surface area contributed by atoms with Gasteiger partial charge in [-0.1, -0.05) is 24.3 Å². The minimum absolute atomic E-state index is 0.0266. The Bertz CT molecular complexity index is 1730. The van der Waals surface area contributed by atoms with Gasteiger partial charge in [0.05, 0.1) is 30.3 Å². The van der Waals surface area contributed by atoms with Crippen LogP contribution >= 0.6 is 0 Å². The molecule has 0 aliphatic carbocycles. The largest absolute Gasteiger partial charge is 0.548 e. The van der Waals surface area contributed by atoms with Crippen LogP contribution in [0.25, 0.3) is 33.1 Å². The molecule has 2 N–H and O–H groups in total. The molecule has 38 heavy (non-hydrogen) atoms. The molecule has 0 spiro atoms. The number of carbonyl (C=O) groups excluding carboxylic acids is 2. The van der Waals surface area contributed by atoms with E-state index in [9.17, 15) is 29.0 Å². The van der Waals surface area contributed by atoms with E-state index in [1.54, 1.807) is 31.2 Å². The number of rotatable bonds is 7. The van der Waals surface area contributed by atoms with Gasteiger partial charge < -0.3 is 29.2 Å². The molecule has 1 amide bonds. The quantitative estimate of drug-likeness (QED) is 0.318. The van der Waals surface area contributed by atoms with Crippen molar-refractivity contribution in [3.8, 4) is 16.9 Å². The molecule has 192 valence electrons. The highest BCUT2D eigenvalue weighted by atomic mass is 19.1. The Balaban J connectivity index is 1.45. The Morgan fingerprint density at radius 2 is 1.74 bits per heavy atom. The van der Waals surface area contributed by atoms with Crippen LogP contribution in [-0.2, 0) is 22.4 Å². The van der Waals surface area contributed by atoms with Crippen molar-refractivity contribution in [3.05, 3.63) is 99.9 Å². The smallest absolute Gasteiger partial charge is 0.340 e. The topological polar surface area (TPSA) is 133 Å². The van der Waals surface area contributed by atoms with E-state index in [-0.39, 0.29) is 29.1 Å². The summed E-state index contributed by atoms with van der Waals surface area (Å²) >= 11 is 0. The monoisotopic (exact) mass is 514 g/mol. The molecule has 5 rings (SSSR count). The highest BCUT2D eigenvalue weighted by Crippen LogP contribution is 2.34. The van der Waals surface area contributed by atoms with Crippen LogP contribution in [0.4, 0.5) is 4.39 Å². The molecule has 5 aromatic rings. The summed E-state index contributed by atoms with van der Waals surface area (Å²) in [4.78, 5) is 37.2. The summed E-state index contributed by atoms with van der Waals surface area (Å²) in [7, 11) is 0. The summed E-state index contributed by atoms with van der Waals surface area (Å²) in [6.07, 6.45) is 1.06. The number of phenolic OH excluding ortho intramolecular Hbond substituents is 1. The molecule has 2 heterocycles. The summed E-state index contributed by atoms with van der Waals surface area (Å²) in [5, 5.41) is 24.7. The van der Waals surface area contributed by atoms with Crippen molar-refractivity contribution in [1.82, 2.24) is 5.32 Å². The Hall–Kier alpha value is -4.92. The number of carboxylic acids is 1. The van der Waals surface area contributed by atoms with Crippen molar-refractivity contribution in [2.75, 3.05) is 0 Å². The Morgan fingerprint density at radius 1 is 1.03 bits per heavy atom. The number of hydrogen-bond donors (Lipinski definition) is 2. The maximum Gasteiger partial charge on any atom is 0.340 e. The van der Waals surface area contributed by atoms with Crippen LogP contribution in [0.3, 0.4) is 0 Å². The maximum absolute atomic E-state index is 13.4. The van der Waals surface area contributed by atoms with E-state index in [1.165, 1.54) is 42.7 Å². The molecular weight excluding hydrogens is 493 g/mol. The van der Waals surface area contributed by atoms with E-state index in [1.807, 2.05) is 0 Å². The fourth-order valence-corrected chi connectivity index (χ4v) is 4.43. The fourth-order valence-electron chi connectivity index (χ4n) is 4.43. The van der Waals surface area contributed by atoms with Crippen molar-refractivity contribution >= 4 is 33.8 Å². The maximum atomic E-state index is 13.4. The SMILES string of the molecule is Cc1c(CC(=O)N[C@@H](Cc2ccc(O)cc2)C(=O)[O-])c(=O)oc2cc3occ(-c4ccc(F)cc4)c3cc12. The molecule has 1 atom stereocenters. The Kier molecular flexibility index (Phi) is 6.42. The van der Waals surface area contributed by atoms with Gasteiger partial charge in [-0.3, -0.25) is 4.79 Å². The molecule has 0 radical (unpaired) electrons. The average molecular weight is 514 g/mol. The van der Waals surface area contributed by atoms with Crippen LogP contribution in [0.5, 0.6) is 5.75 Å². The van der Waals surface area contributed by atoms with Gasteiger partial charge >= 0.3 is 5.63 Å². The highest BCUT2D eigenvalue weighted by molar-refractivity contribution is 6.02. The molecule has 9 heteroatoms. The number of furan rings is 1. The van der Waals surface area contributed by atoms with E-state index in [4.69, 9.17) is 8.83 Å². The first-order valence-electron chi connectivity index (χ1n) is 11.7. The number of aliphatic carboxylic acids is 1. The van der Waals surface area contributed by atoms with Crippen LogP contribution in [0.2, 0.25) is 0 Å². The van der Waals surface area contributed by atoms with Gasteiger partial charge in [0, 0.05) is 22.4 Å². The fraction of sp³-hybridized carbons (Fsp3) is 0.138. The van der Waals surface area contributed by atoms with E-state index in [0.717, 1.165) is 11.1 Å². The summed E-state index contributed by atoms with van der Waals surface area (Å²) in [5.41, 5.74) is 2.63. The van der Waals surface area contributed by atoms with Crippen LogP contribution in [-0.4, -0.2) is 23.0 Å². The third-order valence-electron chi connectivity index (χ3n) is 6.47. The molecule has 0 saturated heterocycles. The van der Waals surface area contributed by atoms with Gasteiger partial charge in [-0.25, -0.2) is 9.18 Å². The molecule has 0 unspecified atom stereocenters. The van der Waals surface area contributed by atoms with Gasteiger partial charge in [-0.15, -0.1) is 0 Å². The number of amides is 1. The van der Waals surface area contributed by atoms with Gasteiger partial charge in [-0.05, 0) is 60.4 Å². The molecule has 2 aromatic heterocycles. The molecule has 0 bridgehead atoms. The number of nitrogens with one attached hydrogen (secondary N) is 1. The minimum Gasteiger partial charge on any atom is -0.548 e. The summed E-state index contributed by atoms with van der Waals surface area (Å²) in [5.74, 6) is -2.51. The number of hydrogen-bond acceptors (Lipinski definition) is 7. The Labute approximate surface area is 214 Å². The van der Waals surface area contributed by atoms with Crippen LogP contribution in [0, 0.1) is 12.7 Å². The zero-order chi connectivity index (χ0) is 27.0. The first kappa shape index (κ1) is 24.8. The van der Waals surface area contributed by atoms with E-state index in [2.05, 4.69) is 5.32 Å². The van der Waals surface area contributed by atoms with Crippen LogP contribution in [0.15, 0.2) is 80.6 Å². The van der Waals surface area contributed by atoms with Crippen LogP contribution < -0.4 is 16.0 Å². The third-order valence-corrected chi connectivity index (χ3v) is 6.47. The van der Waals surface area contributed by atoms with E-state index in [0.29, 0.717) is 27.5 Å². The Morgan fingerprint density at radius 3 is 2.42 bits per heavy atom. The predicted octanol–water partition coefficient (Wildman–Crippen LogP) is 3.38. The second kappa shape index (κ2) is 9.85. The first-order valence-corrected chi connectivity index (χ1v) is 11.7. The van der Waals surface area contributed by atoms with E-state index >= 15 is 0 Å². The molecular formula is C29H21FNO7-. The minimum atomic E-state index is -1.48. The van der Waals surface area contributed by atoms with Gasteiger partial charge in [0.1, 0.15) is 22.7 Å². The molecule has 8 nitrogen and oxygen atoms in total. The highest BCUT2D eigenvalue weighted by Gasteiger charge is 2.20. The predicted molar refractivity (Wildman–Crippen MR) is 135 cm³/mol. The zero-order valence-electron chi connectivity index (χ0n) is 20.1. The van der Waals surface area contributed by atoms with Gasteiger partial charge in [0.15, 0.2) is 0 Å². The third kappa shape index (κ3) is 4.86. The number of fused-ring (bicyclic) bond motifs is 2. The van der Waals surface area contributed by atoms with Crippen molar-refractivity contribution in [3.63, 3.8) is 0 Å². The number of benzene rings is 3. The van der Waals surface area contributed by atoms with Crippen molar-refractivity contribution < 1.29 is 33.0 Å². The van der Waals surface area contributed by atoms with E-state index < -0.39 is 30.0 Å². The summed E-state index contributed by atoms with van der Waals surface area (Å²) in [6, 6.07) is 13.9. The van der Waals surface area contributed by atoms with Gasteiger partial charge in [0.25, 0.3) is 0 Å². The average Bonchev–Trinajstić information content (AvgIpc) is 3.29.